The highest BCUT2D eigenvalue weighted by atomic mass is 16.5. The topological polar surface area (TPSA) is 58.6 Å². The van der Waals surface area contributed by atoms with Crippen molar-refractivity contribution in [2.45, 2.75) is 12.8 Å². The van der Waals surface area contributed by atoms with Gasteiger partial charge in [-0.15, -0.1) is 0 Å². The van der Waals surface area contributed by atoms with Crippen molar-refractivity contribution >= 4 is 5.91 Å². The SMILES string of the molecule is O=C(NCCC1CCOC1)c1ccccc1C#CCO. The van der Waals surface area contributed by atoms with Crippen molar-refractivity contribution in [3.05, 3.63) is 35.4 Å². The van der Waals surface area contributed by atoms with Crippen LogP contribution in [0.4, 0.5) is 0 Å². The molecular formula is C16H19NO3. The molecule has 4 heteroatoms. The Balaban J connectivity index is 1.91. The summed E-state index contributed by atoms with van der Waals surface area (Å²) in [6, 6.07) is 7.16. The van der Waals surface area contributed by atoms with Crippen molar-refractivity contribution in [3.8, 4) is 11.8 Å². The third kappa shape index (κ3) is 4.09. The number of hydrogen-bond acceptors (Lipinski definition) is 3. The fourth-order valence-electron chi connectivity index (χ4n) is 2.22. The number of benzene rings is 1. The van der Waals surface area contributed by atoms with Gasteiger partial charge in [0, 0.05) is 25.3 Å². The molecule has 106 valence electrons. The molecule has 0 radical (unpaired) electrons. The number of amides is 1. The zero-order valence-corrected chi connectivity index (χ0v) is 11.4. The molecular weight excluding hydrogens is 254 g/mol. The van der Waals surface area contributed by atoms with Crippen molar-refractivity contribution in [2.24, 2.45) is 5.92 Å². The van der Waals surface area contributed by atoms with Crippen LogP contribution in [0.3, 0.4) is 0 Å². The van der Waals surface area contributed by atoms with E-state index < -0.39 is 0 Å². The maximum Gasteiger partial charge on any atom is 0.252 e. The summed E-state index contributed by atoms with van der Waals surface area (Å²) in [6.45, 7) is 2.07. The van der Waals surface area contributed by atoms with Gasteiger partial charge in [0.15, 0.2) is 0 Å². The number of rotatable bonds is 4. The molecule has 1 unspecified atom stereocenters. The summed E-state index contributed by atoms with van der Waals surface area (Å²) in [5.74, 6) is 5.80. The number of hydrogen-bond donors (Lipinski definition) is 2. The average molecular weight is 273 g/mol. The molecule has 20 heavy (non-hydrogen) atoms. The third-order valence-electron chi connectivity index (χ3n) is 3.34. The van der Waals surface area contributed by atoms with Gasteiger partial charge < -0.3 is 15.2 Å². The molecule has 1 fully saturated rings. The molecule has 0 bridgehead atoms. The molecule has 1 amide bonds. The molecule has 0 spiro atoms. The quantitative estimate of drug-likeness (QED) is 0.810. The summed E-state index contributed by atoms with van der Waals surface area (Å²) in [7, 11) is 0. The molecule has 1 atom stereocenters. The Morgan fingerprint density at radius 2 is 2.30 bits per heavy atom. The minimum Gasteiger partial charge on any atom is -0.384 e. The maximum absolute atomic E-state index is 12.1. The summed E-state index contributed by atoms with van der Waals surface area (Å²) in [5.41, 5.74) is 1.19. The molecule has 2 rings (SSSR count). The van der Waals surface area contributed by atoms with E-state index in [1.165, 1.54) is 0 Å². The van der Waals surface area contributed by atoms with E-state index in [9.17, 15) is 4.79 Å². The van der Waals surface area contributed by atoms with Crippen LogP contribution in [0.15, 0.2) is 24.3 Å². The van der Waals surface area contributed by atoms with Gasteiger partial charge in [0.1, 0.15) is 6.61 Å². The fourth-order valence-corrected chi connectivity index (χ4v) is 2.22. The van der Waals surface area contributed by atoms with Crippen molar-refractivity contribution in [1.82, 2.24) is 5.32 Å². The van der Waals surface area contributed by atoms with Crippen LogP contribution in [-0.4, -0.2) is 37.4 Å². The minimum atomic E-state index is -0.211. The zero-order valence-electron chi connectivity index (χ0n) is 11.4. The molecule has 1 aliphatic rings. The van der Waals surface area contributed by atoms with Crippen LogP contribution in [0.5, 0.6) is 0 Å². The van der Waals surface area contributed by atoms with E-state index in [0.29, 0.717) is 23.6 Å². The second-order valence-corrected chi connectivity index (χ2v) is 4.78. The monoisotopic (exact) mass is 273 g/mol. The predicted molar refractivity (Wildman–Crippen MR) is 76.3 cm³/mol. The second kappa shape index (κ2) is 7.68. The van der Waals surface area contributed by atoms with E-state index in [1.54, 1.807) is 12.1 Å². The van der Waals surface area contributed by atoms with Crippen molar-refractivity contribution in [2.75, 3.05) is 26.4 Å². The first-order valence-electron chi connectivity index (χ1n) is 6.86. The average Bonchev–Trinajstić information content (AvgIpc) is 2.98. The normalized spacial score (nSPS) is 17.4. The molecule has 1 heterocycles. The molecule has 0 aliphatic carbocycles. The highest BCUT2D eigenvalue weighted by Gasteiger charge is 2.16. The van der Waals surface area contributed by atoms with Crippen LogP contribution in [-0.2, 0) is 4.74 Å². The molecule has 1 saturated heterocycles. The number of carbonyl (C=O) groups excluding carboxylic acids is 1. The fraction of sp³-hybridized carbons (Fsp3) is 0.438. The van der Waals surface area contributed by atoms with Gasteiger partial charge in [-0.05, 0) is 30.9 Å². The van der Waals surface area contributed by atoms with E-state index in [0.717, 1.165) is 26.1 Å². The molecule has 1 aliphatic heterocycles. The van der Waals surface area contributed by atoms with Crippen molar-refractivity contribution < 1.29 is 14.6 Å². The number of ether oxygens (including phenoxy) is 1. The molecule has 0 saturated carbocycles. The van der Waals surface area contributed by atoms with E-state index in [1.807, 2.05) is 12.1 Å². The Hall–Kier alpha value is -1.83. The Morgan fingerprint density at radius 3 is 3.05 bits per heavy atom. The van der Waals surface area contributed by atoms with Crippen molar-refractivity contribution in [1.29, 1.82) is 0 Å². The summed E-state index contributed by atoms with van der Waals surface area (Å²) >= 11 is 0. The number of nitrogens with one attached hydrogen (secondary N) is 1. The van der Waals surface area contributed by atoms with Gasteiger partial charge in [-0.1, -0.05) is 24.0 Å². The zero-order chi connectivity index (χ0) is 14.2. The minimum absolute atomic E-state index is 0.119. The molecule has 4 nitrogen and oxygen atoms in total. The van der Waals surface area contributed by atoms with E-state index in [4.69, 9.17) is 9.84 Å². The van der Waals surface area contributed by atoms with E-state index in [-0.39, 0.29) is 12.5 Å². The molecule has 0 aromatic heterocycles. The first kappa shape index (κ1) is 14.6. The van der Waals surface area contributed by atoms with Gasteiger partial charge in [-0.25, -0.2) is 0 Å². The van der Waals surface area contributed by atoms with Gasteiger partial charge in [-0.2, -0.15) is 0 Å². The Kier molecular flexibility index (Phi) is 5.60. The van der Waals surface area contributed by atoms with Crippen LogP contribution >= 0.6 is 0 Å². The van der Waals surface area contributed by atoms with Gasteiger partial charge in [-0.3, -0.25) is 4.79 Å². The standard InChI is InChI=1S/C16H19NO3/c18-10-3-5-14-4-1-2-6-15(14)16(19)17-9-7-13-8-11-20-12-13/h1-2,4,6,13,18H,7-12H2,(H,17,19). The summed E-state index contributed by atoms with van der Waals surface area (Å²) in [6.07, 6.45) is 2.02. The number of carbonyl (C=O) groups is 1. The highest BCUT2D eigenvalue weighted by Crippen LogP contribution is 2.15. The second-order valence-electron chi connectivity index (χ2n) is 4.78. The van der Waals surface area contributed by atoms with Gasteiger partial charge in [0.25, 0.3) is 5.91 Å². The summed E-state index contributed by atoms with van der Waals surface area (Å²) in [4.78, 5) is 12.1. The Labute approximate surface area is 119 Å². The highest BCUT2D eigenvalue weighted by molar-refractivity contribution is 5.96. The van der Waals surface area contributed by atoms with Crippen LogP contribution in [0.2, 0.25) is 0 Å². The van der Waals surface area contributed by atoms with Gasteiger partial charge in [0.2, 0.25) is 0 Å². The predicted octanol–water partition coefficient (Wildman–Crippen LogP) is 1.19. The number of aliphatic hydroxyl groups is 1. The lowest BCUT2D eigenvalue weighted by atomic mass is 10.0. The lowest BCUT2D eigenvalue weighted by Crippen LogP contribution is -2.26. The lowest BCUT2D eigenvalue weighted by molar-refractivity contribution is 0.0950. The van der Waals surface area contributed by atoms with E-state index in [2.05, 4.69) is 17.2 Å². The molecule has 2 N–H and O–H groups in total. The summed E-state index contributed by atoms with van der Waals surface area (Å²) in [5, 5.41) is 11.7. The van der Waals surface area contributed by atoms with Crippen LogP contribution in [0.1, 0.15) is 28.8 Å². The Bertz CT molecular complexity index is 510. The maximum atomic E-state index is 12.1. The lowest BCUT2D eigenvalue weighted by Gasteiger charge is -2.09. The smallest absolute Gasteiger partial charge is 0.252 e. The Morgan fingerprint density at radius 1 is 1.45 bits per heavy atom. The molecule has 1 aromatic carbocycles. The van der Waals surface area contributed by atoms with Crippen LogP contribution < -0.4 is 5.32 Å². The first-order valence-corrected chi connectivity index (χ1v) is 6.86. The van der Waals surface area contributed by atoms with Gasteiger partial charge in [0.05, 0.1) is 5.56 Å². The first-order chi connectivity index (χ1) is 9.81. The van der Waals surface area contributed by atoms with Crippen molar-refractivity contribution in [3.63, 3.8) is 0 Å². The third-order valence-corrected chi connectivity index (χ3v) is 3.34. The number of aliphatic hydroxyl groups excluding tert-OH is 1. The van der Waals surface area contributed by atoms with Gasteiger partial charge >= 0.3 is 0 Å². The largest absolute Gasteiger partial charge is 0.384 e. The summed E-state index contributed by atoms with van der Waals surface area (Å²) < 4.78 is 5.31. The van der Waals surface area contributed by atoms with Crippen LogP contribution in [0, 0.1) is 17.8 Å². The molecule has 1 aromatic rings. The van der Waals surface area contributed by atoms with E-state index >= 15 is 0 Å². The van der Waals surface area contributed by atoms with Crippen LogP contribution in [0.25, 0.3) is 0 Å².